The molecule has 212 valence electrons. The second kappa shape index (κ2) is 10.5. The molecule has 2 aromatic carbocycles. The monoisotopic (exact) mass is 555 g/mol. The normalized spacial score (nSPS) is 18.5. The molecule has 6 rings (SSSR count). The first-order valence-corrected chi connectivity index (χ1v) is 14.0. The molecule has 0 unspecified atom stereocenters. The molecule has 2 aromatic heterocycles. The van der Waals surface area contributed by atoms with Gasteiger partial charge in [0.1, 0.15) is 5.82 Å². The van der Waals surface area contributed by atoms with E-state index >= 15 is 4.39 Å². The number of pyridine rings is 1. The van der Waals surface area contributed by atoms with Gasteiger partial charge in [-0.05, 0) is 55.2 Å². The first kappa shape index (κ1) is 26.8. The van der Waals surface area contributed by atoms with Crippen LogP contribution in [-0.2, 0) is 16.0 Å². The molecule has 1 saturated heterocycles. The Morgan fingerprint density at radius 2 is 1.88 bits per heavy atom. The Hall–Kier alpha value is -4.40. The molecule has 8 nitrogen and oxygen atoms in total. The van der Waals surface area contributed by atoms with E-state index in [1.54, 1.807) is 18.5 Å². The summed E-state index contributed by atoms with van der Waals surface area (Å²) in [6.45, 7) is 3.89. The summed E-state index contributed by atoms with van der Waals surface area (Å²) < 4.78 is 22.2. The van der Waals surface area contributed by atoms with Crippen LogP contribution in [0, 0.1) is 11.7 Å². The lowest BCUT2D eigenvalue weighted by Crippen LogP contribution is -2.39. The molecule has 1 fully saturated rings. The van der Waals surface area contributed by atoms with Crippen molar-refractivity contribution in [3.05, 3.63) is 83.4 Å². The third-order valence-electron chi connectivity index (χ3n) is 8.43. The van der Waals surface area contributed by atoms with Crippen molar-refractivity contribution in [2.45, 2.75) is 25.8 Å². The Kier molecular flexibility index (Phi) is 6.89. The van der Waals surface area contributed by atoms with Crippen LogP contribution in [0.5, 0.6) is 0 Å². The fourth-order valence-corrected chi connectivity index (χ4v) is 6.13. The van der Waals surface area contributed by atoms with Crippen molar-refractivity contribution >= 4 is 28.9 Å². The molecule has 2 aliphatic rings. The number of rotatable bonds is 5. The standard InChI is InChI=1S/C32H34FN5O3/c1-20-25-8-6-5-7-21(25)12-14-38(20)31(39)23-15-29(35(2)3)30-34-28(19-37(30)18-23)26-10-9-24(16-27(26)33)36-13-11-22(17-36)32(40)41-4/h5-10,15-16,18-20,22H,11-14,17H2,1-4H3/t20-,22+/m1/s1. The number of carbonyl (C=O) groups is 2. The van der Waals surface area contributed by atoms with Crippen LogP contribution in [0.2, 0.25) is 0 Å². The summed E-state index contributed by atoms with van der Waals surface area (Å²) in [7, 11) is 5.21. The molecule has 0 N–H and O–H groups in total. The number of ether oxygens (including phenoxy) is 1. The molecular formula is C32H34FN5O3. The summed E-state index contributed by atoms with van der Waals surface area (Å²) in [6, 6.07) is 15.2. The lowest BCUT2D eigenvalue weighted by molar-refractivity contribution is -0.144. The molecular weight excluding hydrogens is 521 g/mol. The van der Waals surface area contributed by atoms with E-state index in [1.165, 1.54) is 24.3 Å². The fraction of sp³-hybridized carbons (Fsp3) is 0.344. The summed E-state index contributed by atoms with van der Waals surface area (Å²) in [5.41, 5.74) is 6.02. The van der Waals surface area contributed by atoms with Crippen LogP contribution in [-0.4, -0.2) is 67.0 Å². The van der Waals surface area contributed by atoms with Crippen molar-refractivity contribution in [3.8, 4) is 11.3 Å². The number of esters is 1. The van der Waals surface area contributed by atoms with Crippen LogP contribution in [0.15, 0.2) is 60.9 Å². The number of carbonyl (C=O) groups excluding carboxylic acids is 2. The van der Waals surface area contributed by atoms with E-state index in [0.29, 0.717) is 48.5 Å². The SMILES string of the molecule is COC(=O)[C@H]1CCN(c2ccc(-c3cn4cc(C(=O)N5CCc6ccccc6[C@H]5C)cc(N(C)C)c4n3)c(F)c2)C1. The zero-order chi connectivity index (χ0) is 28.8. The summed E-state index contributed by atoms with van der Waals surface area (Å²) in [5, 5.41) is 0. The van der Waals surface area contributed by atoms with Crippen LogP contribution < -0.4 is 9.80 Å². The van der Waals surface area contributed by atoms with E-state index in [4.69, 9.17) is 9.72 Å². The topological polar surface area (TPSA) is 70.4 Å². The fourth-order valence-electron chi connectivity index (χ4n) is 6.13. The van der Waals surface area contributed by atoms with Crippen LogP contribution in [0.4, 0.5) is 15.8 Å². The minimum absolute atomic E-state index is 0.0320. The molecule has 0 bridgehead atoms. The number of imidazole rings is 1. The average Bonchev–Trinajstić information content (AvgIpc) is 3.64. The van der Waals surface area contributed by atoms with Crippen molar-refractivity contribution in [2.24, 2.45) is 5.92 Å². The summed E-state index contributed by atoms with van der Waals surface area (Å²) in [4.78, 5) is 36.3. The van der Waals surface area contributed by atoms with Gasteiger partial charge in [0.05, 0.1) is 36.0 Å². The van der Waals surface area contributed by atoms with E-state index in [0.717, 1.165) is 17.8 Å². The highest BCUT2D eigenvalue weighted by Gasteiger charge is 2.31. The first-order chi connectivity index (χ1) is 19.7. The highest BCUT2D eigenvalue weighted by molar-refractivity contribution is 5.96. The second-order valence-corrected chi connectivity index (χ2v) is 11.1. The largest absolute Gasteiger partial charge is 0.469 e. The molecule has 4 heterocycles. The zero-order valence-corrected chi connectivity index (χ0v) is 23.8. The number of halogens is 1. The third kappa shape index (κ3) is 4.79. The first-order valence-electron chi connectivity index (χ1n) is 14.0. The van der Waals surface area contributed by atoms with Gasteiger partial charge in [-0.15, -0.1) is 0 Å². The minimum Gasteiger partial charge on any atom is -0.469 e. The van der Waals surface area contributed by atoms with Gasteiger partial charge >= 0.3 is 5.97 Å². The van der Waals surface area contributed by atoms with Gasteiger partial charge in [-0.2, -0.15) is 0 Å². The number of fused-ring (bicyclic) bond motifs is 2. The summed E-state index contributed by atoms with van der Waals surface area (Å²) >= 11 is 0. The van der Waals surface area contributed by atoms with Gasteiger partial charge in [0.2, 0.25) is 0 Å². The molecule has 0 spiro atoms. The van der Waals surface area contributed by atoms with Crippen molar-refractivity contribution in [2.75, 3.05) is 50.6 Å². The molecule has 41 heavy (non-hydrogen) atoms. The molecule has 9 heteroatoms. The predicted molar refractivity (Wildman–Crippen MR) is 157 cm³/mol. The van der Waals surface area contributed by atoms with Crippen molar-refractivity contribution in [1.29, 1.82) is 0 Å². The number of nitrogens with zero attached hydrogens (tertiary/aromatic N) is 5. The summed E-state index contributed by atoms with van der Waals surface area (Å²) in [5.74, 6) is -0.872. The number of methoxy groups -OCH3 is 1. The van der Waals surface area contributed by atoms with Gasteiger partial charge in [-0.1, -0.05) is 24.3 Å². The van der Waals surface area contributed by atoms with Gasteiger partial charge in [-0.3, -0.25) is 9.59 Å². The van der Waals surface area contributed by atoms with Crippen LogP contribution in [0.1, 0.15) is 40.9 Å². The van der Waals surface area contributed by atoms with Crippen molar-refractivity contribution in [1.82, 2.24) is 14.3 Å². The van der Waals surface area contributed by atoms with Gasteiger partial charge in [0.25, 0.3) is 5.91 Å². The highest BCUT2D eigenvalue weighted by Crippen LogP contribution is 2.34. The maximum absolute atomic E-state index is 15.5. The van der Waals surface area contributed by atoms with Crippen molar-refractivity contribution in [3.63, 3.8) is 0 Å². The van der Waals surface area contributed by atoms with E-state index in [2.05, 4.69) is 19.1 Å². The molecule has 4 aromatic rings. The number of hydrogen-bond donors (Lipinski definition) is 0. The lowest BCUT2D eigenvalue weighted by atomic mass is 9.93. The van der Waals surface area contributed by atoms with E-state index in [1.807, 2.05) is 57.5 Å². The zero-order valence-electron chi connectivity index (χ0n) is 23.8. The Morgan fingerprint density at radius 1 is 1.07 bits per heavy atom. The molecule has 1 amide bonds. The molecule has 0 saturated carbocycles. The highest BCUT2D eigenvalue weighted by atomic mass is 19.1. The Bertz CT molecular complexity index is 1650. The predicted octanol–water partition coefficient (Wildman–Crippen LogP) is 4.97. The molecule has 2 atom stereocenters. The maximum Gasteiger partial charge on any atom is 0.310 e. The van der Waals surface area contributed by atoms with Crippen LogP contribution >= 0.6 is 0 Å². The number of amides is 1. The van der Waals surface area contributed by atoms with Gasteiger partial charge in [0, 0.05) is 57.4 Å². The van der Waals surface area contributed by atoms with Crippen LogP contribution in [0.25, 0.3) is 16.9 Å². The van der Waals surface area contributed by atoms with E-state index in [-0.39, 0.29) is 23.8 Å². The number of aromatic nitrogens is 2. The quantitative estimate of drug-likeness (QED) is 0.324. The molecule has 0 aliphatic carbocycles. The number of benzene rings is 2. The second-order valence-electron chi connectivity index (χ2n) is 11.1. The van der Waals surface area contributed by atoms with Crippen LogP contribution in [0.3, 0.4) is 0 Å². The Balaban J connectivity index is 1.31. The number of anilines is 2. The number of hydrogen-bond acceptors (Lipinski definition) is 6. The average molecular weight is 556 g/mol. The Morgan fingerprint density at radius 3 is 2.63 bits per heavy atom. The minimum atomic E-state index is -0.393. The van der Waals surface area contributed by atoms with E-state index in [9.17, 15) is 9.59 Å². The van der Waals surface area contributed by atoms with Gasteiger partial charge in [-0.25, -0.2) is 9.37 Å². The Labute approximate surface area is 238 Å². The summed E-state index contributed by atoms with van der Waals surface area (Å²) in [6.07, 6.45) is 5.06. The molecule has 0 radical (unpaired) electrons. The van der Waals surface area contributed by atoms with E-state index < -0.39 is 5.82 Å². The van der Waals surface area contributed by atoms with Crippen molar-refractivity contribution < 1.29 is 18.7 Å². The van der Waals surface area contributed by atoms with Gasteiger partial charge < -0.3 is 23.8 Å². The third-order valence-corrected chi connectivity index (χ3v) is 8.43. The van der Waals surface area contributed by atoms with Gasteiger partial charge in [0.15, 0.2) is 5.65 Å². The maximum atomic E-state index is 15.5. The lowest BCUT2D eigenvalue weighted by Gasteiger charge is -2.35. The molecule has 2 aliphatic heterocycles. The smallest absolute Gasteiger partial charge is 0.310 e.